The topological polar surface area (TPSA) is 47.6 Å². The summed E-state index contributed by atoms with van der Waals surface area (Å²) in [5, 5.41) is 3.42. The van der Waals surface area contributed by atoms with Crippen LogP contribution in [-0.2, 0) is 17.8 Å². The van der Waals surface area contributed by atoms with E-state index in [9.17, 15) is 4.79 Å². The number of nitrogens with one attached hydrogen (secondary N) is 1. The maximum Gasteiger partial charge on any atom is 0.224 e. The lowest BCUT2D eigenvalue weighted by Gasteiger charge is -2.08. The SMILES string of the molecule is CCOc1ccc(CC(=O)NCc2ccc(OC)c(Cl)c2)cc1. The summed E-state index contributed by atoms with van der Waals surface area (Å²) in [5.74, 6) is 1.39. The van der Waals surface area contributed by atoms with Gasteiger partial charge in [0.1, 0.15) is 11.5 Å². The maximum atomic E-state index is 12.0. The predicted molar refractivity (Wildman–Crippen MR) is 91.2 cm³/mol. The summed E-state index contributed by atoms with van der Waals surface area (Å²) >= 11 is 6.07. The van der Waals surface area contributed by atoms with Gasteiger partial charge in [-0.2, -0.15) is 0 Å². The van der Waals surface area contributed by atoms with Gasteiger partial charge in [0, 0.05) is 6.54 Å². The Morgan fingerprint density at radius 3 is 2.43 bits per heavy atom. The smallest absolute Gasteiger partial charge is 0.224 e. The molecule has 0 unspecified atom stereocenters. The van der Waals surface area contributed by atoms with E-state index >= 15 is 0 Å². The summed E-state index contributed by atoms with van der Waals surface area (Å²) in [7, 11) is 1.57. The highest BCUT2D eigenvalue weighted by atomic mass is 35.5. The number of methoxy groups -OCH3 is 1. The van der Waals surface area contributed by atoms with Gasteiger partial charge < -0.3 is 14.8 Å². The summed E-state index contributed by atoms with van der Waals surface area (Å²) < 4.78 is 10.5. The second-order valence-electron chi connectivity index (χ2n) is 5.00. The summed E-state index contributed by atoms with van der Waals surface area (Å²) in [6.07, 6.45) is 0.330. The van der Waals surface area contributed by atoms with E-state index in [2.05, 4.69) is 5.32 Å². The van der Waals surface area contributed by atoms with E-state index in [4.69, 9.17) is 21.1 Å². The molecule has 0 radical (unpaired) electrons. The molecule has 1 amide bonds. The molecule has 1 N–H and O–H groups in total. The maximum absolute atomic E-state index is 12.0. The van der Waals surface area contributed by atoms with Gasteiger partial charge in [-0.25, -0.2) is 0 Å². The molecular formula is C18H20ClNO3. The van der Waals surface area contributed by atoms with Crippen molar-refractivity contribution >= 4 is 17.5 Å². The van der Waals surface area contributed by atoms with Crippen molar-refractivity contribution in [3.63, 3.8) is 0 Å². The Bertz CT molecular complexity index is 656. The Kier molecular flexibility index (Phi) is 6.29. The number of carbonyl (C=O) groups is 1. The van der Waals surface area contributed by atoms with Gasteiger partial charge in [0.15, 0.2) is 0 Å². The first-order valence-corrected chi connectivity index (χ1v) is 7.81. The Morgan fingerprint density at radius 1 is 1.13 bits per heavy atom. The Morgan fingerprint density at radius 2 is 1.83 bits per heavy atom. The molecule has 0 heterocycles. The van der Waals surface area contributed by atoms with Gasteiger partial charge in [-0.05, 0) is 42.3 Å². The van der Waals surface area contributed by atoms with Crippen molar-refractivity contribution in [2.75, 3.05) is 13.7 Å². The minimum atomic E-state index is -0.0406. The van der Waals surface area contributed by atoms with Crippen LogP contribution in [0.1, 0.15) is 18.1 Å². The summed E-state index contributed by atoms with van der Waals surface area (Å²) in [4.78, 5) is 12.0. The molecule has 5 heteroatoms. The lowest BCUT2D eigenvalue weighted by Crippen LogP contribution is -2.24. The normalized spacial score (nSPS) is 10.2. The van der Waals surface area contributed by atoms with Crippen LogP contribution in [0, 0.1) is 0 Å². The molecule has 23 heavy (non-hydrogen) atoms. The van der Waals surface area contributed by atoms with Crippen molar-refractivity contribution in [2.24, 2.45) is 0 Å². The highest BCUT2D eigenvalue weighted by Gasteiger charge is 2.06. The van der Waals surface area contributed by atoms with Crippen LogP contribution < -0.4 is 14.8 Å². The minimum Gasteiger partial charge on any atom is -0.495 e. The minimum absolute atomic E-state index is 0.0406. The zero-order valence-corrected chi connectivity index (χ0v) is 14.0. The van der Waals surface area contributed by atoms with Gasteiger partial charge in [0.05, 0.1) is 25.2 Å². The average molecular weight is 334 g/mol. The predicted octanol–water partition coefficient (Wildman–Crippen LogP) is 3.61. The number of hydrogen-bond acceptors (Lipinski definition) is 3. The first-order chi connectivity index (χ1) is 11.1. The molecule has 2 rings (SSSR count). The number of benzene rings is 2. The van der Waals surface area contributed by atoms with Crippen LogP contribution in [0.25, 0.3) is 0 Å². The zero-order chi connectivity index (χ0) is 16.7. The Balaban J connectivity index is 1.86. The molecule has 0 aliphatic heterocycles. The van der Waals surface area contributed by atoms with Crippen LogP contribution in [-0.4, -0.2) is 19.6 Å². The van der Waals surface area contributed by atoms with E-state index in [1.807, 2.05) is 37.3 Å². The van der Waals surface area contributed by atoms with Crippen LogP contribution in [0.5, 0.6) is 11.5 Å². The van der Waals surface area contributed by atoms with E-state index in [0.29, 0.717) is 30.3 Å². The molecule has 0 spiro atoms. The highest BCUT2D eigenvalue weighted by molar-refractivity contribution is 6.32. The Hall–Kier alpha value is -2.20. The number of ether oxygens (including phenoxy) is 2. The molecule has 2 aromatic carbocycles. The van der Waals surface area contributed by atoms with Crippen molar-refractivity contribution in [1.29, 1.82) is 0 Å². The first kappa shape index (κ1) is 17.2. The lowest BCUT2D eigenvalue weighted by atomic mass is 10.1. The molecule has 2 aromatic rings. The molecule has 0 aromatic heterocycles. The number of carbonyl (C=O) groups excluding carboxylic acids is 1. The summed E-state index contributed by atoms with van der Waals surface area (Å²) in [6.45, 7) is 3.00. The van der Waals surface area contributed by atoms with Crippen molar-refractivity contribution in [1.82, 2.24) is 5.32 Å². The third-order valence-corrected chi connectivity index (χ3v) is 3.60. The number of rotatable bonds is 7. The van der Waals surface area contributed by atoms with Crippen molar-refractivity contribution in [3.8, 4) is 11.5 Å². The van der Waals surface area contributed by atoms with Gasteiger partial charge in [0.25, 0.3) is 0 Å². The number of halogens is 1. The van der Waals surface area contributed by atoms with Gasteiger partial charge in [-0.15, -0.1) is 0 Å². The third kappa shape index (κ3) is 5.18. The standard InChI is InChI=1S/C18H20ClNO3/c1-3-23-15-7-4-13(5-8-15)11-18(21)20-12-14-6-9-17(22-2)16(19)10-14/h4-10H,3,11-12H2,1-2H3,(H,20,21). The first-order valence-electron chi connectivity index (χ1n) is 7.43. The molecule has 0 fully saturated rings. The quantitative estimate of drug-likeness (QED) is 0.842. The summed E-state index contributed by atoms with van der Waals surface area (Å²) in [5.41, 5.74) is 1.87. The van der Waals surface area contributed by atoms with Crippen LogP contribution in [0.3, 0.4) is 0 Å². The largest absolute Gasteiger partial charge is 0.495 e. The second-order valence-corrected chi connectivity index (χ2v) is 5.41. The van der Waals surface area contributed by atoms with Gasteiger partial charge in [0.2, 0.25) is 5.91 Å². The van der Waals surface area contributed by atoms with E-state index < -0.39 is 0 Å². The molecule has 0 atom stereocenters. The molecule has 0 saturated carbocycles. The molecular weight excluding hydrogens is 314 g/mol. The Labute approximate surface area is 141 Å². The molecule has 0 aliphatic carbocycles. The molecule has 0 saturated heterocycles. The second kappa shape index (κ2) is 8.44. The highest BCUT2D eigenvalue weighted by Crippen LogP contribution is 2.24. The van der Waals surface area contributed by atoms with Crippen molar-refractivity contribution in [2.45, 2.75) is 19.9 Å². The van der Waals surface area contributed by atoms with Gasteiger partial charge >= 0.3 is 0 Å². The molecule has 0 aliphatic rings. The molecule has 0 bridgehead atoms. The molecule has 122 valence electrons. The van der Waals surface area contributed by atoms with E-state index in [0.717, 1.165) is 16.9 Å². The summed E-state index contributed by atoms with van der Waals surface area (Å²) in [6, 6.07) is 13.0. The number of amides is 1. The number of hydrogen-bond donors (Lipinski definition) is 1. The zero-order valence-electron chi connectivity index (χ0n) is 13.3. The monoisotopic (exact) mass is 333 g/mol. The fourth-order valence-electron chi connectivity index (χ4n) is 2.14. The molecule has 4 nitrogen and oxygen atoms in total. The van der Waals surface area contributed by atoms with Crippen LogP contribution in [0.15, 0.2) is 42.5 Å². The fourth-order valence-corrected chi connectivity index (χ4v) is 2.42. The lowest BCUT2D eigenvalue weighted by molar-refractivity contribution is -0.120. The van der Waals surface area contributed by atoms with E-state index in [1.165, 1.54) is 0 Å². The van der Waals surface area contributed by atoms with Crippen LogP contribution in [0.4, 0.5) is 0 Å². The van der Waals surface area contributed by atoms with Crippen LogP contribution >= 0.6 is 11.6 Å². The average Bonchev–Trinajstić information content (AvgIpc) is 2.55. The van der Waals surface area contributed by atoms with Crippen molar-refractivity contribution < 1.29 is 14.3 Å². The van der Waals surface area contributed by atoms with Gasteiger partial charge in [-0.1, -0.05) is 29.8 Å². The van der Waals surface area contributed by atoms with E-state index in [1.54, 1.807) is 19.2 Å². The van der Waals surface area contributed by atoms with Gasteiger partial charge in [-0.3, -0.25) is 4.79 Å². The van der Waals surface area contributed by atoms with Crippen LogP contribution in [0.2, 0.25) is 5.02 Å². The van der Waals surface area contributed by atoms with E-state index in [-0.39, 0.29) is 5.91 Å². The fraction of sp³-hybridized carbons (Fsp3) is 0.278. The third-order valence-electron chi connectivity index (χ3n) is 3.30. The van der Waals surface area contributed by atoms with Crippen molar-refractivity contribution in [3.05, 3.63) is 58.6 Å².